The van der Waals surface area contributed by atoms with E-state index in [9.17, 15) is 9.59 Å². The Hall–Kier alpha value is -1.32. The van der Waals surface area contributed by atoms with Gasteiger partial charge in [-0.3, -0.25) is 9.59 Å². The van der Waals surface area contributed by atoms with E-state index in [1.165, 1.54) is 7.11 Å². The quantitative estimate of drug-likeness (QED) is 0.574. The Morgan fingerprint density at radius 2 is 2.30 bits per heavy atom. The number of carbonyl (C=O) groups is 2. The van der Waals surface area contributed by atoms with E-state index < -0.39 is 5.41 Å². The van der Waals surface area contributed by atoms with Crippen LogP contribution in [0.2, 0.25) is 0 Å². The highest BCUT2D eigenvalue weighted by molar-refractivity contribution is 5.92. The molecule has 0 aromatic carbocycles. The zero-order valence-corrected chi connectivity index (χ0v) is 12.3. The van der Waals surface area contributed by atoms with Gasteiger partial charge in [-0.25, -0.2) is 0 Å². The number of hydrogen-bond acceptors (Lipinski definition) is 3. The van der Waals surface area contributed by atoms with E-state index in [1.807, 2.05) is 11.0 Å². The summed E-state index contributed by atoms with van der Waals surface area (Å²) >= 11 is 0. The number of allylic oxidation sites excluding steroid dienone is 1. The van der Waals surface area contributed by atoms with Crippen LogP contribution < -0.4 is 0 Å². The summed E-state index contributed by atoms with van der Waals surface area (Å²) in [6.07, 6.45) is 8.80. The van der Waals surface area contributed by atoms with Crippen LogP contribution in [0.15, 0.2) is 12.2 Å². The van der Waals surface area contributed by atoms with Crippen molar-refractivity contribution in [3.63, 3.8) is 0 Å². The Kier molecular flexibility index (Phi) is 3.35. The summed E-state index contributed by atoms with van der Waals surface area (Å²) in [5.41, 5.74) is -0.730. The summed E-state index contributed by atoms with van der Waals surface area (Å²) < 4.78 is 5.05. The van der Waals surface area contributed by atoms with Gasteiger partial charge in [-0.15, -0.1) is 0 Å². The second kappa shape index (κ2) is 4.90. The molecular weight excluding hydrogens is 254 g/mol. The van der Waals surface area contributed by atoms with E-state index in [0.29, 0.717) is 11.8 Å². The van der Waals surface area contributed by atoms with Crippen LogP contribution in [0.3, 0.4) is 0 Å². The molecule has 0 aromatic rings. The lowest BCUT2D eigenvalue weighted by Crippen LogP contribution is -2.52. The third-order valence-electron chi connectivity index (χ3n) is 5.45. The Balaban J connectivity index is 2.09. The first-order valence-corrected chi connectivity index (χ1v) is 7.71. The number of methoxy groups -OCH3 is 1. The molecule has 2 aliphatic heterocycles. The molecule has 1 amide bonds. The first-order chi connectivity index (χ1) is 9.64. The molecule has 2 heterocycles. The molecule has 0 N–H and O–H groups in total. The average Bonchev–Trinajstić information content (AvgIpc) is 2.63. The number of nitrogens with zero attached hydrogens (tertiary/aromatic N) is 1. The third-order valence-corrected chi connectivity index (χ3v) is 5.45. The summed E-state index contributed by atoms with van der Waals surface area (Å²) in [5, 5.41) is 0. The highest BCUT2D eigenvalue weighted by atomic mass is 16.5. The smallest absolute Gasteiger partial charge is 0.318 e. The van der Waals surface area contributed by atoms with Crippen molar-refractivity contribution in [3.05, 3.63) is 12.2 Å². The molecule has 3 aliphatic rings. The summed E-state index contributed by atoms with van der Waals surface area (Å²) in [7, 11) is 1.43. The topological polar surface area (TPSA) is 46.6 Å². The van der Waals surface area contributed by atoms with Crippen LogP contribution in [-0.2, 0) is 14.3 Å². The molecule has 4 heteroatoms. The number of carbonyl (C=O) groups excluding carboxylic acids is 2. The Labute approximate surface area is 120 Å². The first-order valence-electron chi connectivity index (χ1n) is 7.71. The molecular formula is C16H23NO3. The van der Waals surface area contributed by atoms with Crippen LogP contribution in [-0.4, -0.2) is 36.5 Å². The van der Waals surface area contributed by atoms with Gasteiger partial charge < -0.3 is 9.64 Å². The van der Waals surface area contributed by atoms with Gasteiger partial charge in [0, 0.05) is 13.0 Å². The van der Waals surface area contributed by atoms with Crippen molar-refractivity contribution in [3.8, 4) is 0 Å². The van der Waals surface area contributed by atoms with Crippen LogP contribution in [0.4, 0.5) is 0 Å². The molecule has 4 atom stereocenters. The predicted molar refractivity (Wildman–Crippen MR) is 74.8 cm³/mol. The van der Waals surface area contributed by atoms with Crippen molar-refractivity contribution in [2.24, 2.45) is 17.3 Å². The molecule has 0 spiro atoms. The highest BCUT2D eigenvalue weighted by Gasteiger charge is 2.60. The Morgan fingerprint density at radius 1 is 1.50 bits per heavy atom. The van der Waals surface area contributed by atoms with Gasteiger partial charge in [-0.1, -0.05) is 25.5 Å². The summed E-state index contributed by atoms with van der Waals surface area (Å²) in [4.78, 5) is 26.8. The van der Waals surface area contributed by atoms with Crippen LogP contribution in [0.5, 0.6) is 0 Å². The van der Waals surface area contributed by atoms with Gasteiger partial charge in [0.2, 0.25) is 5.91 Å². The van der Waals surface area contributed by atoms with E-state index >= 15 is 0 Å². The van der Waals surface area contributed by atoms with Crippen molar-refractivity contribution in [2.75, 3.05) is 13.7 Å². The summed E-state index contributed by atoms with van der Waals surface area (Å²) in [6, 6.07) is 0.0138. The van der Waals surface area contributed by atoms with Crippen molar-refractivity contribution >= 4 is 11.9 Å². The maximum atomic E-state index is 12.4. The molecule has 1 unspecified atom stereocenters. The number of ether oxygens (including phenoxy) is 1. The zero-order valence-electron chi connectivity index (χ0n) is 12.3. The van der Waals surface area contributed by atoms with Gasteiger partial charge in [0.1, 0.15) is 5.41 Å². The molecule has 20 heavy (non-hydrogen) atoms. The summed E-state index contributed by atoms with van der Waals surface area (Å²) in [5.74, 6) is 0.757. The van der Waals surface area contributed by atoms with Crippen LogP contribution >= 0.6 is 0 Å². The minimum absolute atomic E-state index is 0.0138. The van der Waals surface area contributed by atoms with E-state index in [0.717, 1.165) is 32.2 Å². The van der Waals surface area contributed by atoms with E-state index in [1.54, 1.807) is 0 Å². The van der Waals surface area contributed by atoms with E-state index in [4.69, 9.17) is 4.74 Å². The molecule has 3 rings (SSSR count). The van der Waals surface area contributed by atoms with Crippen molar-refractivity contribution in [2.45, 2.75) is 45.1 Å². The number of rotatable bonds is 2. The summed E-state index contributed by atoms with van der Waals surface area (Å²) in [6.45, 7) is 2.98. The SMILES string of the molecule is CCC1C=C[C@]2(C(=O)OC)CC(=O)N3CCCC[C@H]1[C@@H]32. The van der Waals surface area contributed by atoms with Crippen molar-refractivity contribution in [1.82, 2.24) is 4.90 Å². The Bertz CT molecular complexity index is 459. The molecule has 0 saturated carbocycles. The van der Waals surface area contributed by atoms with E-state index in [-0.39, 0.29) is 24.3 Å². The second-order valence-electron chi connectivity index (χ2n) is 6.33. The van der Waals surface area contributed by atoms with Gasteiger partial charge in [0.05, 0.1) is 13.2 Å². The number of amides is 1. The standard InChI is InChI=1S/C16H23NO3/c1-3-11-7-8-16(15(19)20-2)10-13(18)17-9-5-4-6-12(11)14(16)17/h7-8,11-12,14H,3-6,9-10H2,1-2H3/t11?,12-,14-,16+/m1/s1. The monoisotopic (exact) mass is 277 g/mol. The average molecular weight is 277 g/mol. The fourth-order valence-corrected chi connectivity index (χ4v) is 4.52. The maximum absolute atomic E-state index is 12.4. The van der Waals surface area contributed by atoms with Gasteiger partial charge in [0.15, 0.2) is 0 Å². The molecule has 1 aliphatic carbocycles. The largest absolute Gasteiger partial charge is 0.468 e. The van der Waals surface area contributed by atoms with Crippen LogP contribution in [0, 0.1) is 17.3 Å². The molecule has 0 bridgehead atoms. The van der Waals surface area contributed by atoms with Gasteiger partial charge >= 0.3 is 5.97 Å². The number of esters is 1. The Morgan fingerprint density at radius 3 is 3.00 bits per heavy atom. The highest BCUT2D eigenvalue weighted by Crippen LogP contribution is 2.52. The molecule has 2 fully saturated rings. The number of hydrogen-bond donors (Lipinski definition) is 0. The normalized spacial score (nSPS) is 39.4. The van der Waals surface area contributed by atoms with Crippen molar-refractivity contribution < 1.29 is 14.3 Å². The minimum Gasteiger partial charge on any atom is -0.468 e. The van der Waals surface area contributed by atoms with Crippen LogP contribution in [0.1, 0.15) is 39.0 Å². The first kappa shape index (κ1) is 13.7. The molecule has 110 valence electrons. The van der Waals surface area contributed by atoms with Crippen LogP contribution in [0.25, 0.3) is 0 Å². The lowest BCUT2D eigenvalue weighted by Gasteiger charge is -2.43. The fourth-order valence-electron chi connectivity index (χ4n) is 4.52. The lowest BCUT2D eigenvalue weighted by atomic mass is 9.64. The van der Waals surface area contributed by atoms with Gasteiger partial charge in [0.25, 0.3) is 0 Å². The third kappa shape index (κ3) is 1.73. The van der Waals surface area contributed by atoms with Crippen molar-refractivity contribution in [1.29, 1.82) is 0 Å². The fraction of sp³-hybridized carbons (Fsp3) is 0.750. The predicted octanol–water partition coefficient (Wildman–Crippen LogP) is 2.14. The molecule has 0 aromatic heterocycles. The zero-order chi connectivity index (χ0) is 14.3. The van der Waals surface area contributed by atoms with E-state index in [2.05, 4.69) is 13.0 Å². The lowest BCUT2D eigenvalue weighted by molar-refractivity contribution is -0.152. The molecule has 0 radical (unpaired) electrons. The van der Waals surface area contributed by atoms with Gasteiger partial charge in [-0.05, 0) is 31.1 Å². The molecule has 2 saturated heterocycles. The molecule has 4 nitrogen and oxygen atoms in total. The minimum atomic E-state index is -0.730. The second-order valence-corrected chi connectivity index (χ2v) is 6.33. The van der Waals surface area contributed by atoms with Gasteiger partial charge in [-0.2, -0.15) is 0 Å². The maximum Gasteiger partial charge on any atom is 0.318 e.